The Hall–Kier alpha value is -0.610. The summed E-state index contributed by atoms with van der Waals surface area (Å²) in [4.78, 5) is 23.5. The van der Waals surface area contributed by atoms with E-state index in [0.717, 1.165) is 78.4 Å². The maximum Gasteiger partial charge on any atom is 0.225 e. The summed E-state index contributed by atoms with van der Waals surface area (Å²) >= 11 is 0. The fraction of sp³-hybridized carbons (Fsp3) is 0.882. The van der Waals surface area contributed by atoms with Crippen LogP contribution in [0, 0.1) is 5.92 Å². The van der Waals surface area contributed by atoms with E-state index < -0.39 is 0 Å². The van der Waals surface area contributed by atoms with Crippen LogP contribution in [-0.2, 0) is 9.53 Å². The van der Waals surface area contributed by atoms with Gasteiger partial charge in [0.1, 0.15) is 0 Å². The lowest BCUT2D eigenvalue weighted by molar-refractivity contribution is -0.137. The highest BCUT2D eigenvalue weighted by molar-refractivity contribution is 14.0. The zero-order valence-electron chi connectivity index (χ0n) is 15.1. The van der Waals surface area contributed by atoms with Gasteiger partial charge in [-0.1, -0.05) is 12.8 Å². The van der Waals surface area contributed by atoms with Gasteiger partial charge in [0.2, 0.25) is 5.91 Å². The van der Waals surface area contributed by atoms with Gasteiger partial charge < -0.3 is 20.3 Å². The molecule has 3 aliphatic rings. The first-order valence-electron chi connectivity index (χ1n) is 9.38. The fourth-order valence-electron chi connectivity index (χ4n) is 3.82. The number of carbonyl (C=O) groups is 1. The Kier molecular flexibility index (Phi) is 8.71. The first-order valence-corrected chi connectivity index (χ1v) is 9.38. The lowest BCUT2D eigenvalue weighted by atomic mass is 10.1. The third-order valence-corrected chi connectivity index (χ3v) is 5.41. The molecule has 7 nitrogen and oxygen atoms in total. The molecule has 144 valence electrons. The van der Waals surface area contributed by atoms with Gasteiger partial charge >= 0.3 is 0 Å². The topological polar surface area (TPSA) is 74.4 Å². The summed E-state index contributed by atoms with van der Waals surface area (Å²) in [6.07, 6.45) is 4.63. The summed E-state index contributed by atoms with van der Waals surface area (Å²) in [6.45, 7) is 8.37. The van der Waals surface area contributed by atoms with Crippen molar-refractivity contribution in [3.8, 4) is 0 Å². The minimum atomic E-state index is 0. The summed E-state index contributed by atoms with van der Waals surface area (Å²) in [5.41, 5.74) is 6.04. The molecule has 0 aromatic heterocycles. The van der Waals surface area contributed by atoms with Gasteiger partial charge in [0.25, 0.3) is 0 Å². The van der Waals surface area contributed by atoms with Crippen LogP contribution < -0.4 is 5.73 Å². The molecule has 0 unspecified atom stereocenters. The fourth-order valence-corrected chi connectivity index (χ4v) is 3.82. The van der Waals surface area contributed by atoms with Crippen molar-refractivity contribution in [3.05, 3.63) is 0 Å². The molecule has 1 saturated carbocycles. The number of ether oxygens (including phenoxy) is 1. The molecule has 25 heavy (non-hydrogen) atoms. The highest BCUT2D eigenvalue weighted by atomic mass is 127. The van der Waals surface area contributed by atoms with Gasteiger partial charge in [-0.25, -0.2) is 0 Å². The van der Waals surface area contributed by atoms with Gasteiger partial charge in [-0.05, 0) is 12.8 Å². The molecule has 3 fully saturated rings. The van der Waals surface area contributed by atoms with E-state index in [1.807, 2.05) is 0 Å². The monoisotopic (exact) mass is 465 g/mol. The average molecular weight is 465 g/mol. The maximum atomic E-state index is 12.4. The number of carbonyl (C=O) groups excluding carboxylic acids is 1. The molecule has 2 aliphatic heterocycles. The Morgan fingerprint density at radius 3 is 2.28 bits per heavy atom. The number of hydrogen-bond donors (Lipinski definition) is 1. The molecule has 8 heteroatoms. The predicted molar refractivity (Wildman–Crippen MR) is 109 cm³/mol. The zero-order chi connectivity index (χ0) is 16.8. The van der Waals surface area contributed by atoms with E-state index >= 15 is 0 Å². The van der Waals surface area contributed by atoms with E-state index in [-0.39, 0.29) is 24.0 Å². The first kappa shape index (κ1) is 20.7. The van der Waals surface area contributed by atoms with Crippen molar-refractivity contribution in [2.75, 3.05) is 65.6 Å². The molecule has 0 atom stereocenters. The van der Waals surface area contributed by atoms with E-state index in [1.165, 1.54) is 12.8 Å². The number of amides is 1. The Morgan fingerprint density at radius 1 is 1.00 bits per heavy atom. The van der Waals surface area contributed by atoms with E-state index in [0.29, 0.717) is 17.8 Å². The summed E-state index contributed by atoms with van der Waals surface area (Å²) in [6, 6.07) is 0. The molecule has 0 radical (unpaired) electrons. The van der Waals surface area contributed by atoms with Crippen molar-refractivity contribution in [2.24, 2.45) is 16.6 Å². The molecule has 1 amide bonds. The SMILES string of the molecule is I.NC(=NCCN1CCN(C(=O)C2CCCC2)CC1)N1CCOCC1. The molecular formula is C17H32IN5O2. The molecule has 2 heterocycles. The average Bonchev–Trinajstić information content (AvgIpc) is 3.17. The normalized spacial score (nSPS) is 23.6. The van der Waals surface area contributed by atoms with Gasteiger partial charge in [-0.2, -0.15) is 0 Å². The smallest absolute Gasteiger partial charge is 0.225 e. The molecule has 3 rings (SSSR count). The molecule has 0 spiro atoms. The Bertz CT molecular complexity index is 442. The molecule has 2 saturated heterocycles. The number of guanidine groups is 1. The molecule has 0 aromatic rings. The lowest BCUT2D eigenvalue weighted by Gasteiger charge is -2.35. The summed E-state index contributed by atoms with van der Waals surface area (Å²) in [7, 11) is 0. The second-order valence-electron chi connectivity index (χ2n) is 6.99. The van der Waals surface area contributed by atoms with Crippen molar-refractivity contribution in [2.45, 2.75) is 25.7 Å². The first-order chi connectivity index (χ1) is 11.7. The Morgan fingerprint density at radius 2 is 1.64 bits per heavy atom. The molecule has 1 aliphatic carbocycles. The van der Waals surface area contributed by atoms with Crippen molar-refractivity contribution >= 4 is 35.8 Å². The quantitative estimate of drug-likeness (QED) is 0.374. The van der Waals surface area contributed by atoms with Gasteiger partial charge in [0.05, 0.1) is 19.8 Å². The van der Waals surface area contributed by atoms with Crippen molar-refractivity contribution in [1.82, 2.24) is 14.7 Å². The third-order valence-electron chi connectivity index (χ3n) is 5.41. The van der Waals surface area contributed by atoms with E-state index in [2.05, 4.69) is 19.7 Å². The van der Waals surface area contributed by atoms with E-state index in [1.54, 1.807) is 0 Å². The molecule has 0 bridgehead atoms. The van der Waals surface area contributed by atoms with Crippen LogP contribution in [0.4, 0.5) is 0 Å². The molecule has 0 aromatic carbocycles. The number of rotatable bonds is 4. The highest BCUT2D eigenvalue weighted by Crippen LogP contribution is 2.26. The summed E-state index contributed by atoms with van der Waals surface area (Å²) in [5.74, 6) is 1.32. The van der Waals surface area contributed by atoms with Gasteiger partial charge in [-0.3, -0.25) is 14.7 Å². The number of nitrogens with two attached hydrogens (primary N) is 1. The predicted octanol–water partition coefficient (Wildman–Crippen LogP) is 0.586. The second kappa shape index (κ2) is 10.5. The number of aliphatic imine (C=N–C) groups is 1. The summed E-state index contributed by atoms with van der Waals surface area (Å²) in [5, 5.41) is 0. The van der Waals surface area contributed by atoms with Crippen LogP contribution in [0.5, 0.6) is 0 Å². The van der Waals surface area contributed by atoms with Crippen molar-refractivity contribution in [3.63, 3.8) is 0 Å². The van der Waals surface area contributed by atoms with Gasteiger partial charge in [0.15, 0.2) is 5.96 Å². The molecule has 2 N–H and O–H groups in total. The van der Waals surface area contributed by atoms with Gasteiger partial charge in [-0.15, -0.1) is 24.0 Å². The van der Waals surface area contributed by atoms with Crippen LogP contribution in [0.3, 0.4) is 0 Å². The number of hydrogen-bond acceptors (Lipinski definition) is 4. The number of nitrogens with zero attached hydrogens (tertiary/aromatic N) is 4. The highest BCUT2D eigenvalue weighted by Gasteiger charge is 2.29. The van der Waals surface area contributed by atoms with E-state index in [4.69, 9.17) is 10.5 Å². The largest absolute Gasteiger partial charge is 0.378 e. The van der Waals surface area contributed by atoms with Gasteiger partial charge in [0, 0.05) is 51.7 Å². The van der Waals surface area contributed by atoms with E-state index in [9.17, 15) is 4.79 Å². The van der Waals surface area contributed by atoms with Crippen molar-refractivity contribution in [1.29, 1.82) is 0 Å². The van der Waals surface area contributed by atoms with Crippen LogP contribution in [-0.4, -0.2) is 92.1 Å². The number of halogens is 1. The Labute approximate surface area is 167 Å². The number of piperazine rings is 1. The van der Waals surface area contributed by atoms with Crippen LogP contribution in [0.2, 0.25) is 0 Å². The van der Waals surface area contributed by atoms with Crippen molar-refractivity contribution < 1.29 is 9.53 Å². The van der Waals surface area contributed by atoms with Crippen LogP contribution in [0.25, 0.3) is 0 Å². The number of morpholine rings is 1. The van der Waals surface area contributed by atoms with Crippen LogP contribution in [0.1, 0.15) is 25.7 Å². The van der Waals surface area contributed by atoms with Crippen LogP contribution >= 0.6 is 24.0 Å². The maximum absolute atomic E-state index is 12.4. The van der Waals surface area contributed by atoms with Crippen LogP contribution in [0.15, 0.2) is 4.99 Å². The zero-order valence-corrected chi connectivity index (χ0v) is 17.4. The summed E-state index contributed by atoms with van der Waals surface area (Å²) < 4.78 is 5.32. The molecular weight excluding hydrogens is 433 g/mol. The minimum Gasteiger partial charge on any atom is -0.378 e. The lowest BCUT2D eigenvalue weighted by Crippen LogP contribution is -2.50. The second-order valence-corrected chi connectivity index (χ2v) is 6.99. The third kappa shape index (κ3) is 5.96. The minimum absolute atomic E-state index is 0. The standard InChI is InChI=1S/C17H31N5O2.HI/c18-17(22-11-13-24-14-12-22)19-5-6-20-7-9-21(10-8-20)16(23)15-3-1-2-4-15;/h15H,1-14H2,(H2,18,19);1H. The Balaban J connectivity index is 0.00000225.